The average molecular weight is 492 g/mol. The van der Waals surface area contributed by atoms with Crippen molar-refractivity contribution in [1.82, 2.24) is 20.1 Å². The number of rotatable bonds is 7. The molecule has 1 N–H and O–H groups in total. The lowest BCUT2D eigenvalue weighted by Crippen LogP contribution is -2.47. The van der Waals surface area contributed by atoms with E-state index < -0.39 is 0 Å². The van der Waals surface area contributed by atoms with Crippen molar-refractivity contribution in [2.24, 2.45) is 13.0 Å². The number of amides is 1. The monoisotopic (exact) mass is 491 g/mol. The second kappa shape index (κ2) is 8.73. The number of halogens is 1. The second-order valence-electron chi connectivity index (χ2n) is 10.4. The number of benzene rings is 2. The summed E-state index contributed by atoms with van der Waals surface area (Å²) in [5.74, 6) is 1.30. The summed E-state index contributed by atoms with van der Waals surface area (Å²) < 4.78 is 7.46. The van der Waals surface area contributed by atoms with Gasteiger partial charge in [0.05, 0.1) is 25.7 Å². The molecule has 1 aromatic heterocycles. The number of ether oxygens (including phenoxy) is 1. The summed E-state index contributed by atoms with van der Waals surface area (Å²) in [7, 11) is 1.96. The van der Waals surface area contributed by atoms with Crippen LogP contribution >= 0.6 is 11.6 Å². The van der Waals surface area contributed by atoms with Gasteiger partial charge in [-0.05, 0) is 61.6 Å². The number of aryl methyl sites for hydroxylation is 1. The summed E-state index contributed by atoms with van der Waals surface area (Å²) in [5.41, 5.74) is 4.84. The molecule has 7 nitrogen and oxygen atoms in total. The normalized spacial score (nSPS) is 19.9. The molecule has 0 spiro atoms. The number of anilines is 1. The number of nitrogens with zero attached hydrogens (tertiary/aromatic N) is 4. The third kappa shape index (κ3) is 4.05. The van der Waals surface area contributed by atoms with E-state index in [1.54, 1.807) is 6.33 Å². The molecule has 182 valence electrons. The largest absolute Gasteiger partial charge is 0.381 e. The smallest absolute Gasteiger partial charge is 0.258 e. The Labute approximate surface area is 210 Å². The molecule has 3 aliphatic rings. The fourth-order valence-corrected chi connectivity index (χ4v) is 5.77. The van der Waals surface area contributed by atoms with Gasteiger partial charge < -0.3 is 19.5 Å². The first-order chi connectivity index (χ1) is 16.9. The number of carbonyl (C=O) groups excluding carboxylic acids is 1. The number of hydrogen-bond acceptors (Lipinski definition) is 5. The molecule has 6 rings (SSSR count). The van der Waals surface area contributed by atoms with Gasteiger partial charge in [0, 0.05) is 46.9 Å². The molecule has 0 radical (unpaired) electrons. The number of carbonyl (C=O) groups is 1. The Morgan fingerprint density at radius 3 is 2.74 bits per heavy atom. The highest BCUT2D eigenvalue weighted by molar-refractivity contribution is 6.32. The van der Waals surface area contributed by atoms with E-state index >= 15 is 0 Å². The molecule has 2 aromatic carbocycles. The van der Waals surface area contributed by atoms with Gasteiger partial charge in [-0.1, -0.05) is 23.7 Å². The minimum absolute atomic E-state index is 0.00191. The van der Waals surface area contributed by atoms with Crippen LogP contribution in [0.5, 0.6) is 0 Å². The molecule has 1 atom stereocenters. The maximum atomic E-state index is 13.5. The number of fused-ring (bicyclic) bond motifs is 1. The van der Waals surface area contributed by atoms with Crippen LogP contribution in [-0.4, -0.2) is 39.4 Å². The quantitative estimate of drug-likeness (QED) is 0.529. The Morgan fingerprint density at radius 2 is 2.09 bits per heavy atom. The van der Waals surface area contributed by atoms with Crippen LogP contribution in [0.15, 0.2) is 42.7 Å². The van der Waals surface area contributed by atoms with Gasteiger partial charge >= 0.3 is 0 Å². The third-order valence-corrected chi connectivity index (χ3v) is 8.26. The number of hydrogen-bond donors (Lipinski definition) is 1. The minimum atomic E-state index is -0.00191. The first-order valence-electron chi connectivity index (χ1n) is 12.3. The predicted octanol–water partition coefficient (Wildman–Crippen LogP) is 4.44. The van der Waals surface area contributed by atoms with Crippen LogP contribution in [0.1, 0.15) is 65.0 Å². The fourth-order valence-electron chi connectivity index (χ4n) is 5.47. The van der Waals surface area contributed by atoms with Crippen molar-refractivity contribution in [2.45, 2.75) is 50.7 Å². The highest BCUT2D eigenvalue weighted by Crippen LogP contribution is 2.39. The first kappa shape index (κ1) is 22.7. The Balaban J connectivity index is 1.27. The molecular weight excluding hydrogens is 462 g/mol. The van der Waals surface area contributed by atoms with Gasteiger partial charge in [0.2, 0.25) is 0 Å². The van der Waals surface area contributed by atoms with Crippen LogP contribution < -0.4 is 10.2 Å². The van der Waals surface area contributed by atoms with Crippen molar-refractivity contribution in [3.8, 4) is 0 Å². The van der Waals surface area contributed by atoms with Crippen LogP contribution in [0, 0.1) is 5.92 Å². The highest BCUT2D eigenvalue weighted by Gasteiger charge is 2.36. The predicted molar refractivity (Wildman–Crippen MR) is 135 cm³/mol. The van der Waals surface area contributed by atoms with Crippen LogP contribution in [0.3, 0.4) is 0 Å². The lowest BCUT2D eigenvalue weighted by molar-refractivity contribution is -0.0407. The summed E-state index contributed by atoms with van der Waals surface area (Å²) in [6.07, 6.45) is 5.38. The van der Waals surface area contributed by atoms with Gasteiger partial charge in [-0.15, -0.1) is 10.2 Å². The number of nitrogens with one attached hydrogen (secondary N) is 1. The van der Waals surface area contributed by atoms with E-state index in [9.17, 15) is 4.79 Å². The van der Waals surface area contributed by atoms with Crippen molar-refractivity contribution >= 4 is 23.2 Å². The van der Waals surface area contributed by atoms with Gasteiger partial charge in [0.15, 0.2) is 0 Å². The molecule has 0 unspecified atom stereocenters. The molecule has 2 aliphatic heterocycles. The number of aromatic nitrogens is 3. The maximum Gasteiger partial charge on any atom is 0.258 e. The van der Waals surface area contributed by atoms with Gasteiger partial charge in [0.25, 0.3) is 5.91 Å². The van der Waals surface area contributed by atoms with E-state index in [4.69, 9.17) is 16.3 Å². The van der Waals surface area contributed by atoms with E-state index in [1.807, 2.05) is 40.8 Å². The minimum Gasteiger partial charge on any atom is -0.381 e. The Kier molecular flexibility index (Phi) is 5.66. The van der Waals surface area contributed by atoms with E-state index in [-0.39, 0.29) is 17.4 Å². The molecule has 1 saturated heterocycles. The molecule has 1 saturated carbocycles. The van der Waals surface area contributed by atoms with E-state index in [0.717, 1.165) is 34.7 Å². The molecule has 8 heteroatoms. The molecule has 35 heavy (non-hydrogen) atoms. The zero-order chi connectivity index (χ0) is 24.2. The summed E-state index contributed by atoms with van der Waals surface area (Å²) in [4.78, 5) is 15.4. The third-order valence-electron chi connectivity index (χ3n) is 7.92. The van der Waals surface area contributed by atoms with Crippen molar-refractivity contribution in [1.29, 1.82) is 0 Å². The topological polar surface area (TPSA) is 72.3 Å². The summed E-state index contributed by atoms with van der Waals surface area (Å²) in [6, 6.07) is 12.2. The zero-order valence-corrected chi connectivity index (χ0v) is 20.9. The summed E-state index contributed by atoms with van der Waals surface area (Å²) in [6.45, 7) is 4.84. The van der Waals surface area contributed by atoms with Gasteiger partial charge in [-0.3, -0.25) is 4.79 Å². The Hall–Kier alpha value is -2.74. The van der Waals surface area contributed by atoms with Crippen molar-refractivity contribution < 1.29 is 9.53 Å². The van der Waals surface area contributed by atoms with Crippen LogP contribution in [-0.2, 0) is 24.9 Å². The molecule has 3 aromatic rings. The highest BCUT2D eigenvalue weighted by atomic mass is 35.5. The first-order valence-corrected chi connectivity index (χ1v) is 12.7. The van der Waals surface area contributed by atoms with E-state index in [2.05, 4.69) is 34.6 Å². The van der Waals surface area contributed by atoms with Crippen molar-refractivity contribution in [2.75, 3.05) is 18.1 Å². The van der Waals surface area contributed by atoms with Crippen LogP contribution in [0.2, 0.25) is 5.02 Å². The standard InChI is InChI=1S/C27H30ClN5O2/c1-27(7-4-8-27)29-12-17-9-21-22(23(28)10-17)13-33(26(21)34)20-6-3-5-18(11-20)24(19-14-35-15-19)25-31-30-16-32(25)2/h3,5-6,9-11,16,19,24,29H,4,7-8,12-15H2,1-2H3/t24-/m0/s1. The van der Waals surface area contributed by atoms with Crippen LogP contribution in [0.4, 0.5) is 5.69 Å². The van der Waals surface area contributed by atoms with Crippen LogP contribution in [0.25, 0.3) is 0 Å². The van der Waals surface area contributed by atoms with E-state index in [1.165, 1.54) is 19.3 Å². The van der Waals surface area contributed by atoms with Gasteiger partial charge in [0.1, 0.15) is 12.2 Å². The Morgan fingerprint density at radius 1 is 1.26 bits per heavy atom. The van der Waals surface area contributed by atoms with Crippen molar-refractivity contribution in [3.05, 3.63) is 75.8 Å². The van der Waals surface area contributed by atoms with E-state index in [0.29, 0.717) is 36.3 Å². The van der Waals surface area contributed by atoms with Crippen molar-refractivity contribution in [3.63, 3.8) is 0 Å². The zero-order valence-electron chi connectivity index (χ0n) is 20.1. The molecule has 3 heterocycles. The van der Waals surface area contributed by atoms with Gasteiger partial charge in [-0.25, -0.2) is 0 Å². The molecule has 1 amide bonds. The molecule has 0 bridgehead atoms. The average Bonchev–Trinajstić information content (AvgIpc) is 3.37. The molecular formula is C27H30ClN5O2. The fraction of sp³-hybridized carbons (Fsp3) is 0.444. The molecule has 2 fully saturated rings. The molecule has 1 aliphatic carbocycles. The van der Waals surface area contributed by atoms with Gasteiger partial charge in [-0.2, -0.15) is 0 Å². The summed E-state index contributed by atoms with van der Waals surface area (Å²) in [5, 5.41) is 12.8. The second-order valence-corrected chi connectivity index (χ2v) is 10.8. The Bertz CT molecular complexity index is 1280. The lowest BCUT2D eigenvalue weighted by atomic mass is 9.78. The maximum absolute atomic E-state index is 13.5. The lowest BCUT2D eigenvalue weighted by Gasteiger charge is -2.39. The summed E-state index contributed by atoms with van der Waals surface area (Å²) >= 11 is 6.69. The SMILES string of the molecule is Cn1cnnc1[C@@H](c1cccc(N2Cc3c(Cl)cc(CNC4(C)CCC4)cc3C2=O)c1)C1COC1.